The highest BCUT2D eigenvalue weighted by atomic mass is 16.7. The molecular formula is C24H24N4O6. The number of nitrogens with zero attached hydrogens (tertiary/aromatic N) is 3. The quantitative estimate of drug-likeness (QED) is 0.435. The number of likely N-dealkylation sites (N-methyl/N-ethyl adjacent to an activating group) is 1. The fraction of sp³-hybridized carbons (Fsp3) is 0.250. The number of ether oxygens (including phenoxy) is 1. The van der Waals surface area contributed by atoms with Crippen molar-refractivity contribution in [1.82, 2.24) is 14.9 Å². The van der Waals surface area contributed by atoms with Crippen molar-refractivity contribution in [3.8, 4) is 5.75 Å². The van der Waals surface area contributed by atoms with Crippen molar-refractivity contribution in [3.05, 3.63) is 65.7 Å². The minimum atomic E-state index is -1.57. The number of benzene rings is 2. The summed E-state index contributed by atoms with van der Waals surface area (Å²) in [6.45, 7) is 1.22. The third-order valence-electron chi connectivity index (χ3n) is 5.19. The van der Waals surface area contributed by atoms with Crippen molar-refractivity contribution in [2.24, 2.45) is 0 Å². The summed E-state index contributed by atoms with van der Waals surface area (Å²) in [6, 6.07) is 15.1. The highest BCUT2D eigenvalue weighted by molar-refractivity contribution is 6.20. The Labute approximate surface area is 195 Å². The molecule has 1 aromatic heterocycles. The third kappa shape index (κ3) is 4.98. The molecule has 1 aliphatic heterocycles. The second-order valence-electron chi connectivity index (χ2n) is 7.97. The molecule has 0 bridgehead atoms. The van der Waals surface area contributed by atoms with Crippen molar-refractivity contribution in [2.45, 2.75) is 6.10 Å². The van der Waals surface area contributed by atoms with Gasteiger partial charge in [0.1, 0.15) is 18.2 Å². The summed E-state index contributed by atoms with van der Waals surface area (Å²) < 4.78 is 5.61. The van der Waals surface area contributed by atoms with Gasteiger partial charge in [0, 0.05) is 18.5 Å². The number of carbonyl (C=O) groups is 3. The van der Waals surface area contributed by atoms with Crippen LogP contribution in [0.3, 0.4) is 0 Å². The van der Waals surface area contributed by atoms with E-state index in [0.717, 1.165) is 29.8 Å². The van der Waals surface area contributed by atoms with E-state index in [2.05, 4.69) is 15.2 Å². The summed E-state index contributed by atoms with van der Waals surface area (Å²) in [5.74, 6) is -1.63. The minimum Gasteiger partial charge on any atom is -0.490 e. The Balaban J connectivity index is 1.40. The second kappa shape index (κ2) is 9.86. The fourth-order valence-electron chi connectivity index (χ4n) is 3.41. The summed E-state index contributed by atoms with van der Waals surface area (Å²) >= 11 is 0. The molecule has 1 atom stereocenters. The maximum atomic E-state index is 12.4. The van der Waals surface area contributed by atoms with Crippen LogP contribution in [0, 0.1) is 0 Å². The van der Waals surface area contributed by atoms with Gasteiger partial charge in [-0.15, -0.1) is 5.06 Å². The molecule has 0 unspecified atom stereocenters. The molecular weight excluding hydrogens is 440 g/mol. The average Bonchev–Trinajstić information content (AvgIpc) is 3.06. The Hall–Kier alpha value is -4.02. The molecule has 0 saturated carbocycles. The molecule has 10 nitrogen and oxygen atoms in total. The van der Waals surface area contributed by atoms with Crippen molar-refractivity contribution in [1.29, 1.82) is 0 Å². The fourth-order valence-corrected chi connectivity index (χ4v) is 3.41. The molecule has 34 heavy (non-hydrogen) atoms. The van der Waals surface area contributed by atoms with E-state index >= 15 is 0 Å². The molecule has 2 aromatic carbocycles. The molecule has 2 amide bonds. The largest absolute Gasteiger partial charge is 0.490 e. The third-order valence-corrected chi connectivity index (χ3v) is 5.19. The summed E-state index contributed by atoms with van der Waals surface area (Å²) in [5, 5.41) is 14.1. The van der Waals surface area contributed by atoms with Crippen molar-refractivity contribution >= 4 is 34.5 Å². The highest BCUT2D eigenvalue weighted by Gasteiger charge is 2.39. The topological polar surface area (TPSA) is 121 Å². The van der Waals surface area contributed by atoms with Gasteiger partial charge >= 0.3 is 5.97 Å². The number of nitrogens with one attached hydrogen (secondary N) is 1. The number of anilines is 1. The standard InChI is InChI=1S/C24H24N4O6/c1-27(2)12-11-25-21-10-7-15-13-16(8-9-19(15)26-21)33-14-20(24(31)32)34-28-22(29)17-5-3-4-6-18(17)23(28)30/h3-10,13,20H,11-12,14H2,1-2H3,(H,25,26)(H,31,32)/t20-/m0/s1. The van der Waals surface area contributed by atoms with Crippen LogP contribution in [0.1, 0.15) is 20.7 Å². The molecule has 0 saturated heterocycles. The Kier molecular flexibility index (Phi) is 6.71. The number of carbonyl (C=O) groups excluding carboxylic acids is 2. The number of amides is 2. The zero-order valence-corrected chi connectivity index (χ0v) is 18.7. The first-order valence-corrected chi connectivity index (χ1v) is 10.6. The molecule has 0 aliphatic carbocycles. The van der Waals surface area contributed by atoms with Crippen LogP contribution >= 0.6 is 0 Å². The number of hydrogen-bond acceptors (Lipinski definition) is 8. The molecule has 4 rings (SSSR count). The number of fused-ring (bicyclic) bond motifs is 2. The van der Waals surface area contributed by atoms with Gasteiger partial charge in [-0.1, -0.05) is 12.1 Å². The lowest BCUT2D eigenvalue weighted by atomic mass is 10.1. The van der Waals surface area contributed by atoms with Crippen LogP contribution in [0.4, 0.5) is 5.82 Å². The zero-order chi connectivity index (χ0) is 24.2. The van der Waals surface area contributed by atoms with Crippen LogP contribution in [-0.2, 0) is 9.63 Å². The number of imide groups is 1. The van der Waals surface area contributed by atoms with E-state index in [-0.39, 0.29) is 11.1 Å². The van der Waals surface area contributed by atoms with E-state index in [9.17, 15) is 19.5 Å². The lowest BCUT2D eigenvalue weighted by Crippen LogP contribution is -2.41. The van der Waals surface area contributed by atoms with E-state index in [1.807, 2.05) is 26.2 Å². The SMILES string of the molecule is CN(C)CCNc1ccc2cc(OC[C@H](ON3C(=O)c4ccccc4C3=O)C(=O)O)ccc2n1. The first kappa shape index (κ1) is 23.1. The highest BCUT2D eigenvalue weighted by Crippen LogP contribution is 2.25. The van der Waals surface area contributed by atoms with Gasteiger partial charge in [-0.2, -0.15) is 0 Å². The summed E-state index contributed by atoms with van der Waals surface area (Å²) in [7, 11) is 3.99. The Morgan fingerprint density at radius 2 is 1.79 bits per heavy atom. The number of rotatable bonds is 10. The normalized spacial score (nSPS) is 13.9. The molecule has 176 valence electrons. The van der Waals surface area contributed by atoms with E-state index < -0.39 is 30.5 Å². The Morgan fingerprint density at radius 1 is 1.09 bits per heavy atom. The van der Waals surface area contributed by atoms with Crippen LogP contribution in [0.25, 0.3) is 10.9 Å². The molecule has 0 fully saturated rings. The Morgan fingerprint density at radius 3 is 2.44 bits per heavy atom. The predicted octanol–water partition coefficient (Wildman–Crippen LogP) is 2.27. The minimum absolute atomic E-state index is 0.162. The molecule has 10 heteroatoms. The molecule has 0 spiro atoms. The van der Waals surface area contributed by atoms with E-state index in [1.54, 1.807) is 30.3 Å². The van der Waals surface area contributed by atoms with Gasteiger partial charge in [0.15, 0.2) is 0 Å². The number of aromatic nitrogens is 1. The number of pyridine rings is 1. The number of carboxylic acid groups (broad SMARTS) is 1. The Bertz CT molecular complexity index is 1210. The number of carboxylic acids is 1. The van der Waals surface area contributed by atoms with Crippen LogP contribution in [-0.4, -0.2) is 77.7 Å². The summed E-state index contributed by atoms with van der Waals surface area (Å²) in [6.07, 6.45) is -1.57. The monoisotopic (exact) mass is 464 g/mol. The van der Waals surface area contributed by atoms with Gasteiger partial charge < -0.3 is 20.1 Å². The molecule has 0 radical (unpaired) electrons. The number of hydrogen-bond donors (Lipinski definition) is 2. The zero-order valence-electron chi connectivity index (χ0n) is 18.7. The first-order valence-electron chi connectivity index (χ1n) is 10.6. The van der Waals surface area contributed by atoms with Gasteiger partial charge in [-0.3, -0.25) is 9.59 Å². The summed E-state index contributed by atoms with van der Waals surface area (Å²) in [4.78, 5) is 48.5. The number of aliphatic carboxylic acids is 1. The van der Waals surface area contributed by atoms with Crippen LogP contribution in [0.5, 0.6) is 5.75 Å². The lowest BCUT2D eigenvalue weighted by Gasteiger charge is -2.19. The van der Waals surface area contributed by atoms with Gasteiger partial charge in [-0.05, 0) is 56.6 Å². The second-order valence-corrected chi connectivity index (χ2v) is 7.97. The smallest absolute Gasteiger partial charge is 0.339 e. The summed E-state index contributed by atoms with van der Waals surface area (Å²) in [5.41, 5.74) is 1.07. The molecule has 3 aromatic rings. The molecule has 2 N–H and O–H groups in total. The van der Waals surface area contributed by atoms with Gasteiger partial charge in [0.05, 0.1) is 16.6 Å². The van der Waals surface area contributed by atoms with Crippen LogP contribution < -0.4 is 10.1 Å². The van der Waals surface area contributed by atoms with Crippen molar-refractivity contribution < 1.29 is 29.1 Å². The predicted molar refractivity (Wildman–Crippen MR) is 124 cm³/mol. The van der Waals surface area contributed by atoms with Crippen LogP contribution in [0.2, 0.25) is 0 Å². The molecule has 2 heterocycles. The lowest BCUT2D eigenvalue weighted by molar-refractivity contribution is -0.178. The van der Waals surface area contributed by atoms with Crippen molar-refractivity contribution in [2.75, 3.05) is 39.1 Å². The van der Waals surface area contributed by atoms with E-state index in [1.165, 1.54) is 12.1 Å². The molecule has 1 aliphatic rings. The average molecular weight is 464 g/mol. The maximum absolute atomic E-state index is 12.4. The maximum Gasteiger partial charge on any atom is 0.339 e. The first-order chi connectivity index (χ1) is 16.3. The van der Waals surface area contributed by atoms with Gasteiger partial charge in [0.2, 0.25) is 6.10 Å². The van der Waals surface area contributed by atoms with Gasteiger partial charge in [-0.25, -0.2) is 14.6 Å². The van der Waals surface area contributed by atoms with E-state index in [4.69, 9.17) is 9.57 Å². The number of hydroxylamine groups is 2. The van der Waals surface area contributed by atoms with E-state index in [0.29, 0.717) is 10.8 Å². The van der Waals surface area contributed by atoms with Crippen molar-refractivity contribution in [3.63, 3.8) is 0 Å². The van der Waals surface area contributed by atoms with Gasteiger partial charge in [0.25, 0.3) is 11.8 Å². The van der Waals surface area contributed by atoms with Crippen LogP contribution in [0.15, 0.2) is 54.6 Å².